The Balaban J connectivity index is 0. The molecule has 0 aliphatic rings. The Kier molecular flexibility index (Phi) is 7.32. The van der Waals surface area contributed by atoms with Gasteiger partial charge in [-0.2, -0.15) is 8.42 Å². The summed E-state index contributed by atoms with van der Waals surface area (Å²) in [5, 5.41) is 1.69. The molecule has 0 aliphatic heterocycles. The van der Waals surface area contributed by atoms with Gasteiger partial charge in [-0.1, -0.05) is 0 Å². The molecule has 36 valence electrons. The lowest BCUT2D eigenvalue weighted by Crippen LogP contribution is -1.46. The topological polar surface area (TPSA) is 34.1 Å². The second-order valence-electron chi connectivity index (χ2n) is 0.379. The number of rotatable bonds is 0. The second kappa shape index (κ2) is 4.76. The highest BCUT2D eigenvalue weighted by atomic mass is 35.5. The predicted molar refractivity (Wildman–Crippen MR) is 26.8 cm³/mol. The largest absolute Gasteiger partial charge is 0.259 e. The maximum atomic E-state index is 9.19. The molecule has 4 heteroatoms. The lowest BCUT2D eigenvalue weighted by molar-refractivity contribution is 0.627. The molecule has 0 radical (unpaired) electrons. The first-order valence-electron chi connectivity index (χ1n) is 0.891. The van der Waals surface area contributed by atoms with Crippen molar-refractivity contribution in [2.45, 2.75) is 0 Å². The molecule has 0 saturated heterocycles. The third-order valence-electron chi connectivity index (χ3n) is 0.118. The van der Waals surface area contributed by atoms with E-state index < -0.39 is 10.3 Å². The standard InChI is InChI=1S/C2H2O2S.ClH/c1-2-5(3)4;/h1H2;1H. The third kappa shape index (κ3) is 9.25. The molecular formula is C2H3ClO2S. The van der Waals surface area contributed by atoms with Crippen LogP contribution in [0.15, 0.2) is 6.58 Å². The molecule has 0 saturated carbocycles. The van der Waals surface area contributed by atoms with Crippen LogP contribution in [0.3, 0.4) is 0 Å². The number of hydrogen-bond acceptors (Lipinski definition) is 2. The summed E-state index contributed by atoms with van der Waals surface area (Å²) >= 11 is 0. The Hall–Kier alpha value is -0.240. The molecule has 0 bridgehead atoms. The van der Waals surface area contributed by atoms with Gasteiger partial charge in [0.2, 0.25) is 0 Å². The average molecular weight is 127 g/mol. The lowest BCUT2D eigenvalue weighted by atomic mass is 11.3. The van der Waals surface area contributed by atoms with Gasteiger partial charge in [-0.05, 0) is 6.58 Å². The Morgan fingerprint density at radius 2 is 1.67 bits per heavy atom. The van der Waals surface area contributed by atoms with Crippen molar-refractivity contribution in [3.8, 4) is 0 Å². The molecule has 2 nitrogen and oxygen atoms in total. The van der Waals surface area contributed by atoms with Gasteiger partial charge >= 0.3 is 0 Å². The molecule has 0 atom stereocenters. The Morgan fingerprint density at radius 1 is 1.50 bits per heavy atom. The monoisotopic (exact) mass is 126 g/mol. The molecule has 6 heavy (non-hydrogen) atoms. The minimum Gasteiger partial charge on any atom is -0.176 e. The maximum Gasteiger partial charge on any atom is 0.259 e. The second-order valence-corrected chi connectivity index (χ2v) is 1.14. The summed E-state index contributed by atoms with van der Waals surface area (Å²) < 4.78 is 18.4. The van der Waals surface area contributed by atoms with Gasteiger partial charge in [-0.15, -0.1) is 12.4 Å². The summed E-state index contributed by atoms with van der Waals surface area (Å²) in [6, 6.07) is 0. The Bertz CT molecular complexity index is 142. The van der Waals surface area contributed by atoms with Crippen LogP contribution in [0.4, 0.5) is 0 Å². The van der Waals surface area contributed by atoms with E-state index in [0.29, 0.717) is 0 Å². The molecule has 0 aliphatic carbocycles. The highest BCUT2D eigenvalue weighted by Crippen LogP contribution is 1.18. The minimum absolute atomic E-state index is 0. The molecule has 0 aromatic carbocycles. The third-order valence-corrected chi connectivity index (χ3v) is 0.354. The van der Waals surface area contributed by atoms with Gasteiger partial charge in [-0.25, -0.2) is 0 Å². The highest BCUT2D eigenvalue weighted by molar-refractivity contribution is 7.70. The molecule has 0 amide bonds. The van der Waals surface area contributed by atoms with Crippen molar-refractivity contribution in [1.29, 1.82) is 0 Å². The quantitative estimate of drug-likeness (QED) is 0.424. The van der Waals surface area contributed by atoms with Gasteiger partial charge in [0, 0.05) is 5.02 Å². The van der Waals surface area contributed by atoms with Crippen LogP contribution in [0.25, 0.3) is 0 Å². The van der Waals surface area contributed by atoms with Gasteiger partial charge in [0.05, 0.1) is 0 Å². The summed E-state index contributed by atoms with van der Waals surface area (Å²) in [6.07, 6.45) is 0. The molecule has 0 aromatic heterocycles. The van der Waals surface area contributed by atoms with E-state index in [0.717, 1.165) is 0 Å². The zero-order valence-electron chi connectivity index (χ0n) is 2.84. The first kappa shape index (κ1) is 9.23. The lowest BCUT2D eigenvalue weighted by Gasteiger charge is -1.25. The van der Waals surface area contributed by atoms with Crippen LogP contribution in [-0.4, -0.2) is 13.4 Å². The van der Waals surface area contributed by atoms with Crippen LogP contribution in [0.5, 0.6) is 0 Å². The van der Waals surface area contributed by atoms with Crippen molar-refractivity contribution in [3.05, 3.63) is 6.58 Å². The minimum atomic E-state index is -2.18. The van der Waals surface area contributed by atoms with Gasteiger partial charge in [0.15, 0.2) is 0 Å². The first-order chi connectivity index (χ1) is 2.27. The fourth-order valence-corrected chi connectivity index (χ4v) is 0. The Labute approximate surface area is 43.4 Å². The van der Waals surface area contributed by atoms with Crippen LogP contribution >= 0.6 is 12.4 Å². The van der Waals surface area contributed by atoms with Crippen LogP contribution < -0.4 is 0 Å². The molecule has 0 fully saturated rings. The van der Waals surface area contributed by atoms with Crippen LogP contribution in [0, 0.1) is 0 Å². The molecular weight excluding hydrogens is 124 g/mol. The van der Waals surface area contributed by atoms with Gasteiger partial charge in [0.1, 0.15) is 0 Å². The van der Waals surface area contributed by atoms with E-state index in [4.69, 9.17) is 0 Å². The molecule has 0 spiro atoms. The van der Waals surface area contributed by atoms with E-state index >= 15 is 0 Å². The van der Waals surface area contributed by atoms with Crippen LogP contribution in [0.1, 0.15) is 0 Å². The van der Waals surface area contributed by atoms with Crippen molar-refractivity contribution in [2.75, 3.05) is 0 Å². The van der Waals surface area contributed by atoms with Crippen molar-refractivity contribution >= 4 is 27.7 Å². The maximum absolute atomic E-state index is 9.19. The summed E-state index contributed by atoms with van der Waals surface area (Å²) in [4.78, 5) is 0. The zero-order valence-corrected chi connectivity index (χ0v) is 4.47. The van der Waals surface area contributed by atoms with Crippen LogP contribution in [0.2, 0.25) is 0 Å². The highest BCUT2D eigenvalue weighted by Gasteiger charge is 1.39. The molecule has 0 heterocycles. The van der Waals surface area contributed by atoms with Crippen molar-refractivity contribution < 1.29 is 8.42 Å². The van der Waals surface area contributed by atoms with E-state index in [1.165, 1.54) is 0 Å². The summed E-state index contributed by atoms with van der Waals surface area (Å²) in [6.45, 7) is 2.82. The normalized spacial score (nSPS) is 4.67. The van der Waals surface area contributed by atoms with E-state index in [-0.39, 0.29) is 12.4 Å². The van der Waals surface area contributed by atoms with Crippen molar-refractivity contribution in [2.24, 2.45) is 0 Å². The predicted octanol–water partition coefficient (Wildman–Crippen LogP) is -0.126. The van der Waals surface area contributed by atoms with Crippen molar-refractivity contribution in [1.82, 2.24) is 0 Å². The van der Waals surface area contributed by atoms with E-state index in [2.05, 4.69) is 6.58 Å². The smallest absolute Gasteiger partial charge is 0.176 e. The number of halogens is 1. The first-order valence-corrected chi connectivity index (χ1v) is 1.97. The number of hydrogen-bond donors (Lipinski definition) is 0. The molecule has 0 rings (SSSR count). The SMILES string of the molecule is C=C=S(=O)=O.Cl. The van der Waals surface area contributed by atoms with E-state index in [1.54, 1.807) is 5.02 Å². The van der Waals surface area contributed by atoms with Gasteiger partial charge in [-0.3, -0.25) is 0 Å². The average Bonchev–Trinajstić information content (AvgIpc) is 1.38. The van der Waals surface area contributed by atoms with Gasteiger partial charge in [0.25, 0.3) is 10.3 Å². The van der Waals surface area contributed by atoms with Crippen LogP contribution in [-0.2, 0) is 10.3 Å². The summed E-state index contributed by atoms with van der Waals surface area (Å²) in [7, 11) is -2.18. The molecule has 0 N–H and O–H groups in total. The fourth-order valence-electron chi connectivity index (χ4n) is 0. The van der Waals surface area contributed by atoms with Gasteiger partial charge < -0.3 is 0 Å². The fraction of sp³-hybridized carbons (Fsp3) is 0. The molecule has 0 aromatic rings. The molecule has 0 unspecified atom stereocenters. The zero-order chi connectivity index (χ0) is 4.28. The van der Waals surface area contributed by atoms with E-state index in [9.17, 15) is 8.42 Å². The Morgan fingerprint density at radius 3 is 1.67 bits per heavy atom. The summed E-state index contributed by atoms with van der Waals surface area (Å²) in [5.41, 5.74) is 0. The summed E-state index contributed by atoms with van der Waals surface area (Å²) in [5.74, 6) is 0. The van der Waals surface area contributed by atoms with Crippen molar-refractivity contribution in [3.63, 3.8) is 0 Å². The van der Waals surface area contributed by atoms with E-state index in [1.807, 2.05) is 0 Å².